The Balaban J connectivity index is 2.22. The van der Waals surface area contributed by atoms with Crippen molar-refractivity contribution in [3.8, 4) is 0 Å². The molecule has 1 fully saturated rings. The van der Waals surface area contributed by atoms with Gasteiger partial charge in [0.15, 0.2) is 0 Å². The van der Waals surface area contributed by atoms with E-state index >= 15 is 0 Å². The highest BCUT2D eigenvalue weighted by Gasteiger charge is 2.30. The van der Waals surface area contributed by atoms with Crippen LogP contribution in [0, 0.1) is 0 Å². The summed E-state index contributed by atoms with van der Waals surface area (Å²) in [6.45, 7) is 7.10. The van der Waals surface area contributed by atoms with Crippen LogP contribution in [0.4, 0.5) is 4.79 Å². The fourth-order valence-corrected chi connectivity index (χ4v) is 1.62. The van der Waals surface area contributed by atoms with Crippen molar-refractivity contribution >= 4 is 6.09 Å². The van der Waals surface area contributed by atoms with Gasteiger partial charge in [0.05, 0.1) is 25.9 Å². The van der Waals surface area contributed by atoms with Crippen LogP contribution in [0.2, 0.25) is 0 Å². The Morgan fingerprint density at radius 1 is 1.44 bits per heavy atom. The molecule has 0 unspecified atom stereocenters. The number of carbonyl (C=O) groups is 1. The van der Waals surface area contributed by atoms with Crippen LogP contribution in [0.15, 0.2) is 0 Å². The van der Waals surface area contributed by atoms with Crippen molar-refractivity contribution in [1.82, 2.24) is 4.90 Å². The maximum Gasteiger partial charge on any atom is 0.410 e. The van der Waals surface area contributed by atoms with E-state index in [9.17, 15) is 4.79 Å². The Hall–Kier alpha value is -0.850. The van der Waals surface area contributed by atoms with Crippen LogP contribution in [-0.2, 0) is 14.2 Å². The van der Waals surface area contributed by atoms with Gasteiger partial charge in [-0.15, -0.1) is 0 Å². The van der Waals surface area contributed by atoms with E-state index in [2.05, 4.69) is 0 Å². The third kappa shape index (κ3) is 5.66. The Kier molecular flexibility index (Phi) is 5.84. The second-order valence-electron chi connectivity index (χ2n) is 5.25. The molecule has 1 N–H and O–H groups in total. The summed E-state index contributed by atoms with van der Waals surface area (Å²) in [5.74, 6) is 0. The zero-order valence-electron chi connectivity index (χ0n) is 11.3. The third-order valence-electron chi connectivity index (χ3n) is 2.42. The van der Waals surface area contributed by atoms with Crippen molar-refractivity contribution in [2.75, 3.05) is 33.1 Å². The van der Waals surface area contributed by atoms with Gasteiger partial charge in [-0.3, -0.25) is 0 Å². The van der Waals surface area contributed by atoms with Gasteiger partial charge in [0.25, 0.3) is 0 Å². The maximum atomic E-state index is 11.8. The summed E-state index contributed by atoms with van der Waals surface area (Å²) >= 11 is 0. The molecular formula is C12H23NO5. The SMILES string of the molecule is CC(C)(C)OC(=O)N1CC[C@@H](OCOCCO)C1. The highest BCUT2D eigenvalue weighted by atomic mass is 16.7. The van der Waals surface area contributed by atoms with Crippen LogP contribution in [-0.4, -0.2) is 60.9 Å². The van der Waals surface area contributed by atoms with E-state index in [1.54, 1.807) is 4.90 Å². The Morgan fingerprint density at radius 2 is 2.17 bits per heavy atom. The van der Waals surface area contributed by atoms with Crippen molar-refractivity contribution in [2.24, 2.45) is 0 Å². The topological polar surface area (TPSA) is 68.2 Å². The predicted octanol–water partition coefficient (Wildman–Crippen LogP) is 0.979. The van der Waals surface area contributed by atoms with Crippen molar-refractivity contribution in [3.63, 3.8) is 0 Å². The minimum atomic E-state index is -0.472. The molecule has 1 saturated heterocycles. The summed E-state index contributed by atoms with van der Waals surface area (Å²) in [6, 6.07) is 0. The second kappa shape index (κ2) is 6.92. The molecule has 1 amide bonds. The average Bonchev–Trinajstić information content (AvgIpc) is 2.71. The lowest BCUT2D eigenvalue weighted by molar-refractivity contribution is -0.0916. The number of aliphatic hydroxyl groups is 1. The van der Waals surface area contributed by atoms with Crippen LogP contribution in [0.5, 0.6) is 0 Å². The zero-order chi connectivity index (χ0) is 13.6. The predicted molar refractivity (Wildman–Crippen MR) is 65.2 cm³/mol. The van der Waals surface area contributed by atoms with Gasteiger partial charge in [0.2, 0.25) is 0 Å². The van der Waals surface area contributed by atoms with Gasteiger partial charge in [-0.05, 0) is 27.2 Å². The highest BCUT2D eigenvalue weighted by Crippen LogP contribution is 2.17. The fourth-order valence-electron chi connectivity index (χ4n) is 1.62. The summed E-state index contributed by atoms with van der Waals surface area (Å²) < 4.78 is 15.7. The third-order valence-corrected chi connectivity index (χ3v) is 2.42. The summed E-state index contributed by atoms with van der Waals surface area (Å²) in [4.78, 5) is 13.4. The Labute approximate surface area is 108 Å². The molecule has 0 radical (unpaired) electrons. The van der Waals surface area contributed by atoms with Gasteiger partial charge in [-0.25, -0.2) is 4.79 Å². The summed E-state index contributed by atoms with van der Waals surface area (Å²) in [5.41, 5.74) is -0.472. The first-order valence-corrected chi connectivity index (χ1v) is 6.20. The minimum Gasteiger partial charge on any atom is -0.444 e. The number of carbonyl (C=O) groups excluding carboxylic acids is 1. The molecule has 0 bridgehead atoms. The van der Waals surface area contributed by atoms with Crippen LogP contribution in [0.3, 0.4) is 0 Å². The van der Waals surface area contributed by atoms with Gasteiger partial charge < -0.3 is 24.2 Å². The van der Waals surface area contributed by atoms with Crippen molar-refractivity contribution in [2.45, 2.75) is 38.9 Å². The molecule has 0 spiro atoms. The molecule has 0 aliphatic carbocycles. The number of likely N-dealkylation sites (tertiary alicyclic amines) is 1. The summed E-state index contributed by atoms with van der Waals surface area (Å²) in [6.07, 6.45) is 0.461. The molecule has 106 valence electrons. The van der Waals surface area contributed by atoms with Gasteiger partial charge in [0, 0.05) is 6.54 Å². The van der Waals surface area contributed by atoms with Gasteiger partial charge in [-0.2, -0.15) is 0 Å². The quantitative estimate of drug-likeness (QED) is 0.590. The number of rotatable bonds is 5. The molecule has 0 saturated carbocycles. The number of hydrogen-bond acceptors (Lipinski definition) is 5. The van der Waals surface area contributed by atoms with Crippen molar-refractivity contribution in [1.29, 1.82) is 0 Å². The number of nitrogens with zero attached hydrogens (tertiary/aromatic N) is 1. The first-order valence-electron chi connectivity index (χ1n) is 6.20. The molecule has 6 heteroatoms. The van der Waals surface area contributed by atoms with E-state index in [-0.39, 0.29) is 32.2 Å². The fraction of sp³-hybridized carbons (Fsp3) is 0.917. The molecular weight excluding hydrogens is 238 g/mol. The average molecular weight is 261 g/mol. The smallest absolute Gasteiger partial charge is 0.410 e. The number of hydrogen-bond donors (Lipinski definition) is 1. The zero-order valence-corrected chi connectivity index (χ0v) is 11.3. The molecule has 0 aromatic carbocycles. The Morgan fingerprint density at radius 3 is 2.78 bits per heavy atom. The molecule has 18 heavy (non-hydrogen) atoms. The van der Waals surface area contributed by atoms with E-state index in [1.165, 1.54) is 0 Å². The largest absolute Gasteiger partial charge is 0.444 e. The summed E-state index contributed by atoms with van der Waals surface area (Å²) in [7, 11) is 0. The lowest BCUT2D eigenvalue weighted by Gasteiger charge is -2.24. The monoisotopic (exact) mass is 261 g/mol. The van der Waals surface area contributed by atoms with Crippen LogP contribution in [0.1, 0.15) is 27.2 Å². The summed E-state index contributed by atoms with van der Waals surface area (Å²) in [5, 5.41) is 8.53. The van der Waals surface area contributed by atoms with Crippen molar-refractivity contribution in [3.05, 3.63) is 0 Å². The van der Waals surface area contributed by atoms with E-state index in [0.29, 0.717) is 13.1 Å². The van der Waals surface area contributed by atoms with E-state index in [1.807, 2.05) is 20.8 Å². The first-order chi connectivity index (χ1) is 8.42. The highest BCUT2D eigenvalue weighted by molar-refractivity contribution is 5.68. The first kappa shape index (κ1) is 15.2. The Bertz CT molecular complexity index is 264. The molecule has 1 rings (SSSR count). The number of ether oxygens (including phenoxy) is 3. The molecule has 0 aromatic heterocycles. The van der Waals surface area contributed by atoms with Gasteiger partial charge >= 0.3 is 6.09 Å². The second-order valence-corrected chi connectivity index (χ2v) is 5.25. The molecule has 6 nitrogen and oxygen atoms in total. The number of amides is 1. The normalized spacial score (nSPS) is 20.2. The molecule has 1 aliphatic rings. The van der Waals surface area contributed by atoms with E-state index in [0.717, 1.165) is 6.42 Å². The van der Waals surface area contributed by atoms with E-state index < -0.39 is 5.60 Å². The van der Waals surface area contributed by atoms with Crippen LogP contribution >= 0.6 is 0 Å². The maximum absolute atomic E-state index is 11.8. The van der Waals surface area contributed by atoms with Crippen molar-refractivity contribution < 1.29 is 24.1 Å². The molecule has 1 aliphatic heterocycles. The van der Waals surface area contributed by atoms with Gasteiger partial charge in [0.1, 0.15) is 12.4 Å². The molecule has 0 aromatic rings. The van der Waals surface area contributed by atoms with E-state index in [4.69, 9.17) is 19.3 Å². The molecule has 1 heterocycles. The number of aliphatic hydroxyl groups excluding tert-OH is 1. The van der Waals surface area contributed by atoms with Gasteiger partial charge in [-0.1, -0.05) is 0 Å². The van der Waals surface area contributed by atoms with Crippen LogP contribution in [0.25, 0.3) is 0 Å². The molecule has 1 atom stereocenters. The van der Waals surface area contributed by atoms with Crippen LogP contribution < -0.4 is 0 Å². The lowest BCUT2D eigenvalue weighted by atomic mass is 10.2. The lowest BCUT2D eigenvalue weighted by Crippen LogP contribution is -2.36. The standard InChI is InChI=1S/C12H23NO5/c1-12(2,3)18-11(15)13-5-4-10(8-13)17-9-16-7-6-14/h10,14H,4-9H2,1-3H3/t10-/m1/s1. The minimum absolute atomic E-state index is 0.0158.